The van der Waals surface area contributed by atoms with E-state index in [-0.39, 0.29) is 34.0 Å². The van der Waals surface area contributed by atoms with E-state index in [1.807, 2.05) is 13.8 Å². The highest BCUT2D eigenvalue weighted by atomic mass is 32.2. The molecule has 44 heavy (non-hydrogen) atoms. The highest BCUT2D eigenvalue weighted by Crippen LogP contribution is 2.33. The number of pyridine rings is 1. The van der Waals surface area contributed by atoms with Gasteiger partial charge in [0, 0.05) is 42.0 Å². The fraction of sp³-hybridized carbons (Fsp3) is 0.429. The molecule has 5 rings (SSSR count). The maximum absolute atomic E-state index is 14.5. The van der Waals surface area contributed by atoms with Crippen LogP contribution in [0, 0.1) is 5.82 Å². The largest absolute Gasteiger partial charge is 0.573 e. The molecule has 1 saturated heterocycles. The number of hydrogen-bond donors (Lipinski definition) is 0. The summed E-state index contributed by atoms with van der Waals surface area (Å²) >= 11 is 0. The van der Waals surface area contributed by atoms with Crippen LogP contribution in [0.2, 0.25) is 0 Å². The first kappa shape index (κ1) is 31.8. The minimum Gasteiger partial charge on any atom is -0.403 e. The van der Waals surface area contributed by atoms with Crippen LogP contribution in [0.15, 0.2) is 48.9 Å². The summed E-state index contributed by atoms with van der Waals surface area (Å²) in [4.78, 5) is 6.74. The van der Waals surface area contributed by atoms with Crippen molar-refractivity contribution in [2.75, 3.05) is 24.6 Å². The number of aromatic nitrogens is 4. The Morgan fingerprint density at radius 2 is 1.68 bits per heavy atom. The number of halogens is 7. The summed E-state index contributed by atoms with van der Waals surface area (Å²) in [5, 5.41) is 4.48. The topological polar surface area (TPSA) is 82.2 Å². The molecular weight excluding hydrogens is 619 g/mol. The molecule has 0 radical (unpaired) electrons. The van der Waals surface area contributed by atoms with Crippen LogP contribution >= 0.6 is 0 Å². The molecule has 0 N–H and O–H groups in total. The normalized spacial score (nSPS) is 16.5. The fourth-order valence-electron chi connectivity index (χ4n) is 5.26. The van der Waals surface area contributed by atoms with E-state index in [2.05, 4.69) is 19.7 Å². The number of rotatable bonds is 8. The zero-order chi connectivity index (χ0) is 32.1. The number of aryl methyl sites for hydroxylation is 1. The Morgan fingerprint density at radius 1 is 0.977 bits per heavy atom. The van der Waals surface area contributed by atoms with E-state index in [4.69, 9.17) is 0 Å². The molecule has 0 amide bonds. The van der Waals surface area contributed by atoms with Gasteiger partial charge in [0.15, 0.2) is 21.4 Å². The SMILES string of the molecule is CC(C)(CCc1cn(-c2cnn(CC(F)(F)F)c2)c2nc(-c3ccc(OC(F)(F)F)c(F)c3)ccc12)N1CCS(=O)(=O)CC1. The lowest BCUT2D eigenvalue weighted by molar-refractivity contribution is -0.275. The second kappa shape index (κ2) is 11.4. The Balaban J connectivity index is 1.50. The van der Waals surface area contributed by atoms with Crippen molar-refractivity contribution in [1.82, 2.24) is 24.2 Å². The van der Waals surface area contributed by atoms with Crippen LogP contribution in [0.25, 0.3) is 28.0 Å². The van der Waals surface area contributed by atoms with E-state index in [9.17, 15) is 39.2 Å². The molecule has 0 atom stereocenters. The maximum atomic E-state index is 14.5. The van der Waals surface area contributed by atoms with E-state index >= 15 is 0 Å². The molecule has 3 aromatic heterocycles. The molecular formula is C28H28F7N5O3S. The number of alkyl halides is 6. The Kier molecular flexibility index (Phi) is 8.20. The average Bonchev–Trinajstić information content (AvgIpc) is 3.50. The predicted molar refractivity (Wildman–Crippen MR) is 148 cm³/mol. The zero-order valence-electron chi connectivity index (χ0n) is 23.6. The van der Waals surface area contributed by atoms with Crippen molar-refractivity contribution in [3.8, 4) is 22.7 Å². The molecule has 4 aromatic rings. The number of sulfone groups is 1. The quantitative estimate of drug-likeness (QED) is 0.221. The minimum absolute atomic E-state index is 0.0776. The third-order valence-electron chi connectivity index (χ3n) is 7.63. The van der Waals surface area contributed by atoms with Gasteiger partial charge in [-0.25, -0.2) is 17.8 Å². The minimum atomic E-state index is -5.08. The second-order valence-corrected chi connectivity index (χ2v) is 13.6. The molecule has 0 unspecified atom stereocenters. The Hall–Kier alpha value is -3.66. The van der Waals surface area contributed by atoms with E-state index in [1.54, 1.807) is 22.9 Å². The van der Waals surface area contributed by atoms with Gasteiger partial charge in [0.25, 0.3) is 0 Å². The number of ether oxygens (including phenoxy) is 1. The van der Waals surface area contributed by atoms with Crippen molar-refractivity contribution in [3.05, 3.63) is 60.3 Å². The summed E-state index contributed by atoms with van der Waals surface area (Å²) in [5.74, 6) is -2.10. The Bertz CT molecular complexity index is 1760. The summed E-state index contributed by atoms with van der Waals surface area (Å²) in [6.45, 7) is 3.54. The smallest absolute Gasteiger partial charge is 0.403 e. The molecule has 0 aliphatic carbocycles. The first-order valence-electron chi connectivity index (χ1n) is 13.5. The fourth-order valence-corrected chi connectivity index (χ4v) is 6.46. The molecule has 16 heteroatoms. The summed E-state index contributed by atoms with van der Waals surface area (Å²) in [5.41, 5.74) is 1.41. The summed E-state index contributed by atoms with van der Waals surface area (Å²) in [7, 11) is -3.06. The monoisotopic (exact) mass is 647 g/mol. The molecule has 0 saturated carbocycles. The third kappa shape index (κ3) is 7.34. The van der Waals surface area contributed by atoms with Crippen LogP contribution in [-0.4, -0.2) is 75.3 Å². The molecule has 0 bridgehead atoms. The van der Waals surface area contributed by atoms with Crippen LogP contribution in [-0.2, 0) is 22.8 Å². The molecule has 1 aliphatic heterocycles. The van der Waals surface area contributed by atoms with E-state index in [0.29, 0.717) is 37.0 Å². The number of nitrogens with zero attached hydrogens (tertiary/aromatic N) is 5. The lowest BCUT2D eigenvalue weighted by Crippen LogP contribution is -2.51. The summed E-state index contributed by atoms with van der Waals surface area (Å²) < 4.78 is 121. The van der Waals surface area contributed by atoms with Crippen molar-refractivity contribution < 1.29 is 43.9 Å². The Labute approximate surface area is 248 Å². The lowest BCUT2D eigenvalue weighted by Gasteiger charge is -2.41. The van der Waals surface area contributed by atoms with Gasteiger partial charge in [-0.1, -0.05) is 0 Å². The summed E-state index contributed by atoms with van der Waals surface area (Å²) in [6.07, 6.45) is -4.25. The summed E-state index contributed by atoms with van der Waals surface area (Å²) in [6, 6.07) is 6.19. The number of hydrogen-bond acceptors (Lipinski definition) is 6. The van der Waals surface area contributed by atoms with Crippen molar-refractivity contribution in [2.24, 2.45) is 0 Å². The van der Waals surface area contributed by atoms with Crippen LogP contribution in [0.3, 0.4) is 0 Å². The van der Waals surface area contributed by atoms with E-state index in [1.165, 1.54) is 18.5 Å². The van der Waals surface area contributed by atoms with Gasteiger partial charge in [-0.3, -0.25) is 14.1 Å². The second-order valence-electron chi connectivity index (χ2n) is 11.2. The molecule has 238 valence electrons. The molecule has 0 spiro atoms. The molecule has 1 fully saturated rings. The van der Waals surface area contributed by atoms with Crippen molar-refractivity contribution in [1.29, 1.82) is 0 Å². The molecule has 4 heterocycles. The maximum Gasteiger partial charge on any atom is 0.573 e. The number of fused-ring (bicyclic) bond motifs is 1. The van der Waals surface area contributed by atoms with Crippen LogP contribution in [0.5, 0.6) is 5.75 Å². The predicted octanol–water partition coefficient (Wildman–Crippen LogP) is 5.93. The van der Waals surface area contributed by atoms with Crippen molar-refractivity contribution >= 4 is 20.9 Å². The van der Waals surface area contributed by atoms with Gasteiger partial charge >= 0.3 is 12.5 Å². The van der Waals surface area contributed by atoms with Gasteiger partial charge in [0.2, 0.25) is 0 Å². The van der Waals surface area contributed by atoms with Crippen molar-refractivity contribution in [3.63, 3.8) is 0 Å². The van der Waals surface area contributed by atoms with Gasteiger partial charge in [-0.15, -0.1) is 13.2 Å². The first-order valence-corrected chi connectivity index (χ1v) is 15.3. The highest BCUT2D eigenvalue weighted by Gasteiger charge is 2.34. The standard InChI is InChI=1S/C28H28F7N5O3S/c1-26(2,38-9-11-44(41,42)12-10-38)8-7-19-15-40(20-14-36-39(16-20)17-27(30,31)32)25-21(19)4-5-23(37-25)18-3-6-24(22(29)13-18)43-28(33,34)35/h3-6,13-16H,7-12,17H2,1-2H3. The van der Waals surface area contributed by atoms with E-state index < -0.39 is 40.5 Å². The van der Waals surface area contributed by atoms with Crippen LogP contribution < -0.4 is 4.74 Å². The van der Waals surface area contributed by atoms with Crippen molar-refractivity contribution in [2.45, 2.75) is 51.3 Å². The van der Waals surface area contributed by atoms with Crippen LogP contribution in [0.4, 0.5) is 30.7 Å². The zero-order valence-corrected chi connectivity index (χ0v) is 24.4. The molecule has 8 nitrogen and oxygen atoms in total. The number of benzene rings is 1. The lowest BCUT2D eigenvalue weighted by atomic mass is 9.93. The van der Waals surface area contributed by atoms with Gasteiger partial charge in [0.1, 0.15) is 12.2 Å². The average molecular weight is 648 g/mol. The first-order chi connectivity index (χ1) is 20.4. The molecule has 1 aliphatic rings. The molecule has 1 aromatic carbocycles. The Morgan fingerprint density at radius 3 is 2.32 bits per heavy atom. The van der Waals surface area contributed by atoms with Gasteiger partial charge in [-0.2, -0.15) is 18.3 Å². The van der Waals surface area contributed by atoms with Crippen LogP contribution in [0.1, 0.15) is 25.8 Å². The van der Waals surface area contributed by atoms with E-state index in [0.717, 1.165) is 22.4 Å². The highest BCUT2D eigenvalue weighted by molar-refractivity contribution is 7.91. The van der Waals surface area contributed by atoms with Gasteiger partial charge in [0.05, 0.1) is 29.1 Å². The van der Waals surface area contributed by atoms with Gasteiger partial charge in [-0.05, 0) is 62.6 Å². The van der Waals surface area contributed by atoms with Gasteiger partial charge < -0.3 is 4.74 Å². The third-order valence-corrected chi connectivity index (χ3v) is 9.24.